The summed E-state index contributed by atoms with van der Waals surface area (Å²) in [6, 6.07) is 1.24. The Morgan fingerprint density at radius 1 is 1.57 bits per heavy atom. The van der Waals surface area contributed by atoms with E-state index < -0.39 is 0 Å². The first-order valence-corrected chi connectivity index (χ1v) is 6.57. The molecule has 2 atom stereocenters. The van der Waals surface area contributed by atoms with Crippen molar-refractivity contribution in [3.8, 4) is 0 Å². The summed E-state index contributed by atoms with van der Waals surface area (Å²) in [6.45, 7) is 6.84. The SMILES string of the molecule is CCC1CCSC(=NC2CC2(C)C)N1. The van der Waals surface area contributed by atoms with E-state index in [1.54, 1.807) is 0 Å². The Kier molecular flexibility index (Phi) is 2.78. The molecule has 0 aromatic heterocycles. The van der Waals surface area contributed by atoms with Crippen LogP contribution in [0.4, 0.5) is 0 Å². The van der Waals surface area contributed by atoms with Crippen LogP contribution in [0.2, 0.25) is 0 Å². The topological polar surface area (TPSA) is 24.4 Å². The number of amidine groups is 1. The minimum atomic E-state index is 0.467. The van der Waals surface area contributed by atoms with Crippen molar-refractivity contribution in [3.05, 3.63) is 0 Å². The van der Waals surface area contributed by atoms with Crippen molar-refractivity contribution >= 4 is 16.9 Å². The van der Waals surface area contributed by atoms with E-state index >= 15 is 0 Å². The minimum absolute atomic E-state index is 0.467. The van der Waals surface area contributed by atoms with Gasteiger partial charge in [-0.25, -0.2) is 0 Å². The summed E-state index contributed by atoms with van der Waals surface area (Å²) >= 11 is 1.89. The first-order valence-electron chi connectivity index (χ1n) is 5.59. The maximum absolute atomic E-state index is 4.77. The van der Waals surface area contributed by atoms with Crippen LogP contribution in [-0.2, 0) is 0 Å². The smallest absolute Gasteiger partial charge is 0.157 e. The van der Waals surface area contributed by atoms with Crippen LogP contribution in [0, 0.1) is 5.41 Å². The highest BCUT2D eigenvalue weighted by Gasteiger charge is 2.46. The van der Waals surface area contributed by atoms with E-state index in [0.717, 1.165) is 0 Å². The normalized spacial score (nSPS) is 38.1. The number of hydrogen-bond donors (Lipinski definition) is 1. The van der Waals surface area contributed by atoms with Gasteiger partial charge in [0.2, 0.25) is 0 Å². The van der Waals surface area contributed by atoms with Crippen molar-refractivity contribution in [3.63, 3.8) is 0 Å². The van der Waals surface area contributed by atoms with Crippen LogP contribution in [-0.4, -0.2) is 23.0 Å². The molecule has 0 aromatic rings. The molecule has 80 valence electrons. The van der Waals surface area contributed by atoms with Crippen molar-refractivity contribution < 1.29 is 0 Å². The molecule has 2 aliphatic rings. The third kappa shape index (κ3) is 2.25. The van der Waals surface area contributed by atoms with Crippen LogP contribution in [0.25, 0.3) is 0 Å². The molecule has 2 nitrogen and oxygen atoms in total. The van der Waals surface area contributed by atoms with Gasteiger partial charge in [0.15, 0.2) is 5.17 Å². The van der Waals surface area contributed by atoms with E-state index in [9.17, 15) is 0 Å². The summed E-state index contributed by atoms with van der Waals surface area (Å²) in [7, 11) is 0. The van der Waals surface area contributed by atoms with Gasteiger partial charge < -0.3 is 5.32 Å². The fourth-order valence-corrected chi connectivity index (χ4v) is 2.82. The molecule has 14 heavy (non-hydrogen) atoms. The van der Waals surface area contributed by atoms with E-state index in [1.165, 1.54) is 30.2 Å². The van der Waals surface area contributed by atoms with E-state index in [2.05, 4.69) is 26.1 Å². The number of nitrogens with one attached hydrogen (secondary N) is 1. The third-order valence-corrected chi connectivity index (χ3v) is 4.20. The lowest BCUT2D eigenvalue weighted by Crippen LogP contribution is -2.37. The predicted molar refractivity (Wildman–Crippen MR) is 63.9 cm³/mol. The van der Waals surface area contributed by atoms with Gasteiger partial charge in [0.05, 0.1) is 6.04 Å². The molecule has 0 radical (unpaired) electrons. The Morgan fingerprint density at radius 2 is 2.29 bits per heavy atom. The van der Waals surface area contributed by atoms with Crippen molar-refractivity contribution in [2.24, 2.45) is 10.4 Å². The molecule has 1 heterocycles. The molecule has 0 amide bonds. The Balaban J connectivity index is 1.91. The van der Waals surface area contributed by atoms with E-state index in [1.807, 2.05) is 11.8 Å². The average Bonchev–Trinajstić information content (AvgIpc) is 2.74. The van der Waals surface area contributed by atoms with Crippen LogP contribution in [0.15, 0.2) is 4.99 Å². The van der Waals surface area contributed by atoms with Crippen molar-refractivity contribution in [1.82, 2.24) is 5.32 Å². The first kappa shape index (κ1) is 10.3. The maximum atomic E-state index is 4.77. The lowest BCUT2D eigenvalue weighted by molar-refractivity contribution is 0.567. The first-order chi connectivity index (χ1) is 6.62. The molecule has 0 aromatic carbocycles. The monoisotopic (exact) mass is 212 g/mol. The summed E-state index contributed by atoms with van der Waals surface area (Å²) < 4.78 is 0. The lowest BCUT2D eigenvalue weighted by atomic mass is 10.2. The van der Waals surface area contributed by atoms with Gasteiger partial charge in [-0.3, -0.25) is 4.99 Å². The van der Waals surface area contributed by atoms with Gasteiger partial charge in [0, 0.05) is 11.8 Å². The summed E-state index contributed by atoms with van der Waals surface area (Å²) in [5, 5.41) is 4.72. The zero-order valence-electron chi connectivity index (χ0n) is 9.34. The molecule has 2 rings (SSSR count). The largest absolute Gasteiger partial charge is 0.362 e. The van der Waals surface area contributed by atoms with Gasteiger partial charge in [0.25, 0.3) is 0 Å². The Hall–Kier alpha value is -0.180. The highest BCUT2D eigenvalue weighted by atomic mass is 32.2. The van der Waals surface area contributed by atoms with Crippen LogP contribution in [0.3, 0.4) is 0 Å². The molecule has 3 heteroatoms. The quantitative estimate of drug-likeness (QED) is 0.761. The van der Waals surface area contributed by atoms with Gasteiger partial charge in [-0.05, 0) is 24.7 Å². The molecule has 1 N–H and O–H groups in total. The molecule has 1 aliphatic heterocycles. The second-order valence-electron chi connectivity index (χ2n) is 5.03. The minimum Gasteiger partial charge on any atom is -0.362 e. The number of nitrogens with zero attached hydrogens (tertiary/aromatic N) is 1. The number of thioether (sulfide) groups is 1. The lowest BCUT2D eigenvalue weighted by Gasteiger charge is -2.24. The van der Waals surface area contributed by atoms with E-state index in [-0.39, 0.29) is 0 Å². The van der Waals surface area contributed by atoms with Crippen LogP contribution < -0.4 is 5.32 Å². The van der Waals surface area contributed by atoms with Gasteiger partial charge in [-0.2, -0.15) is 0 Å². The highest BCUT2D eigenvalue weighted by molar-refractivity contribution is 8.13. The molecule has 1 saturated carbocycles. The Labute approximate surface area is 90.9 Å². The molecule has 1 aliphatic carbocycles. The number of aliphatic imine (C=N–C) groups is 1. The molecule has 0 spiro atoms. The fraction of sp³-hybridized carbons (Fsp3) is 0.909. The average molecular weight is 212 g/mol. The number of rotatable bonds is 2. The maximum Gasteiger partial charge on any atom is 0.157 e. The third-order valence-electron chi connectivity index (χ3n) is 3.26. The van der Waals surface area contributed by atoms with Gasteiger partial charge in [0.1, 0.15) is 0 Å². The van der Waals surface area contributed by atoms with Gasteiger partial charge in [-0.15, -0.1) is 0 Å². The molecular weight excluding hydrogens is 192 g/mol. The Morgan fingerprint density at radius 3 is 2.86 bits per heavy atom. The summed E-state index contributed by atoms with van der Waals surface area (Å²) in [6.07, 6.45) is 3.76. The van der Waals surface area contributed by atoms with Gasteiger partial charge in [-0.1, -0.05) is 32.5 Å². The van der Waals surface area contributed by atoms with Crippen LogP contribution >= 0.6 is 11.8 Å². The zero-order valence-corrected chi connectivity index (χ0v) is 10.2. The fourth-order valence-electron chi connectivity index (χ4n) is 1.77. The summed E-state index contributed by atoms with van der Waals surface area (Å²) in [4.78, 5) is 4.77. The summed E-state index contributed by atoms with van der Waals surface area (Å²) in [5.41, 5.74) is 0.467. The zero-order chi connectivity index (χ0) is 10.2. The van der Waals surface area contributed by atoms with Crippen LogP contribution in [0.5, 0.6) is 0 Å². The van der Waals surface area contributed by atoms with E-state index in [0.29, 0.717) is 17.5 Å². The second-order valence-corrected chi connectivity index (χ2v) is 6.11. The standard InChI is InChI=1S/C11H20N2S/c1-4-8-5-6-14-10(12-8)13-9-7-11(9,2)3/h8-9H,4-7H2,1-3H3,(H,12,13). The van der Waals surface area contributed by atoms with Crippen molar-refractivity contribution in [2.45, 2.75) is 52.1 Å². The second kappa shape index (κ2) is 3.76. The number of hydrogen-bond acceptors (Lipinski definition) is 2. The van der Waals surface area contributed by atoms with Gasteiger partial charge >= 0.3 is 0 Å². The molecule has 2 unspecified atom stereocenters. The molecule has 2 fully saturated rings. The predicted octanol–water partition coefficient (Wildman–Crippen LogP) is 2.65. The van der Waals surface area contributed by atoms with Crippen molar-refractivity contribution in [2.75, 3.05) is 5.75 Å². The van der Waals surface area contributed by atoms with E-state index in [4.69, 9.17) is 4.99 Å². The Bertz CT molecular complexity index is 248. The molecule has 1 saturated heterocycles. The molecule has 0 bridgehead atoms. The van der Waals surface area contributed by atoms with Crippen molar-refractivity contribution in [1.29, 1.82) is 0 Å². The summed E-state index contributed by atoms with van der Waals surface area (Å²) in [5.74, 6) is 1.23. The molecular formula is C11H20N2S. The highest BCUT2D eigenvalue weighted by Crippen LogP contribution is 2.47. The van der Waals surface area contributed by atoms with Crippen LogP contribution in [0.1, 0.15) is 40.0 Å².